The minimum atomic E-state index is -0.386. The summed E-state index contributed by atoms with van der Waals surface area (Å²) in [5.74, 6) is 0. The summed E-state index contributed by atoms with van der Waals surface area (Å²) in [5, 5.41) is 15.1. The molecule has 1 aliphatic rings. The number of aryl methyl sites for hydroxylation is 1. The summed E-state index contributed by atoms with van der Waals surface area (Å²) in [7, 11) is 0. The first-order chi connectivity index (χ1) is 10.1. The van der Waals surface area contributed by atoms with Gasteiger partial charge in [-0.15, -0.1) is 0 Å². The maximum atomic E-state index is 10.9. The van der Waals surface area contributed by atoms with Crippen LogP contribution in [0.2, 0.25) is 0 Å². The van der Waals surface area contributed by atoms with E-state index in [1.54, 1.807) is 12.1 Å². The molecule has 1 unspecified atom stereocenters. The van der Waals surface area contributed by atoms with Crippen LogP contribution in [0.3, 0.4) is 0 Å². The molecule has 0 amide bonds. The van der Waals surface area contributed by atoms with Crippen LogP contribution < -0.4 is 5.32 Å². The summed E-state index contributed by atoms with van der Waals surface area (Å²) in [6, 6.07) is 6.66. The van der Waals surface area contributed by atoms with Crippen molar-refractivity contribution in [3.63, 3.8) is 0 Å². The normalized spacial score (nSPS) is 18.0. The van der Waals surface area contributed by atoms with Crippen molar-refractivity contribution in [3.05, 3.63) is 40.1 Å². The van der Waals surface area contributed by atoms with Crippen molar-refractivity contribution >= 4 is 22.3 Å². The Kier molecular flexibility index (Phi) is 3.70. The van der Waals surface area contributed by atoms with Crippen molar-refractivity contribution in [3.8, 4) is 0 Å². The summed E-state index contributed by atoms with van der Waals surface area (Å²) in [4.78, 5) is 15.0. The third kappa shape index (κ3) is 2.95. The molecule has 0 bridgehead atoms. The number of fused-ring (bicyclic) bond motifs is 1. The maximum Gasteiger partial charge on any atom is 0.270 e. The van der Waals surface area contributed by atoms with E-state index in [0.717, 1.165) is 41.7 Å². The van der Waals surface area contributed by atoms with E-state index in [9.17, 15) is 10.1 Å². The molecule has 0 saturated carbocycles. The van der Waals surface area contributed by atoms with Gasteiger partial charge in [-0.05, 0) is 31.9 Å². The fourth-order valence-electron chi connectivity index (χ4n) is 2.64. The van der Waals surface area contributed by atoms with Crippen LogP contribution in [0, 0.1) is 17.0 Å². The van der Waals surface area contributed by atoms with Crippen molar-refractivity contribution in [2.24, 2.45) is 0 Å². The Hall–Kier alpha value is -2.21. The largest absolute Gasteiger partial charge is 0.382 e. The molecular weight excluding hydrogens is 270 g/mol. The van der Waals surface area contributed by atoms with Gasteiger partial charge in [-0.1, -0.05) is 0 Å². The van der Waals surface area contributed by atoms with Crippen LogP contribution in [-0.2, 0) is 4.74 Å². The number of nitrogens with zero attached hydrogens (tertiary/aromatic N) is 2. The highest BCUT2D eigenvalue weighted by atomic mass is 16.6. The van der Waals surface area contributed by atoms with E-state index in [4.69, 9.17) is 4.74 Å². The van der Waals surface area contributed by atoms with Crippen LogP contribution >= 0.6 is 0 Å². The maximum absolute atomic E-state index is 10.9. The number of non-ortho nitro benzene ring substituents is 1. The van der Waals surface area contributed by atoms with Gasteiger partial charge in [0.25, 0.3) is 5.69 Å². The molecule has 1 N–H and O–H groups in total. The van der Waals surface area contributed by atoms with Crippen molar-refractivity contribution < 1.29 is 9.66 Å². The van der Waals surface area contributed by atoms with E-state index >= 15 is 0 Å². The number of benzene rings is 1. The lowest BCUT2D eigenvalue weighted by Crippen LogP contribution is -2.18. The average Bonchev–Trinajstić information content (AvgIpc) is 2.97. The van der Waals surface area contributed by atoms with Crippen LogP contribution in [-0.4, -0.2) is 29.2 Å². The standard InChI is InChI=1S/C15H17N3O3/c1-10-7-15(16-9-12-3-2-6-21-12)13-8-11(18(19)20)4-5-14(13)17-10/h4-5,7-8,12H,2-3,6,9H2,1H3,(H,16,17). The first-order valence-electron chi connectivity index (χ1n) is 7.05. The SMILES string of the molecule is Cc1cc(NCC2CCCO2)c2cc([N+](=O)[O-])ccc2n1. The van der Waals surface area contributed by atoms with E-state index < -0.39 is 0 Å². The molecule has 1 aliphatic heterocycles. The molecule has 110 valence electrons. The summed E-state index contributed by atoms with van der Waals surface area (Å²) < 4.78 is 5.59. The lowest BCUT2D eigenvalue weighted by atomic mass is 10.1. The number of nitro groups is 1. The molecule has 1 saturated heterocycles. The zero-order valence-electron chi connectivity index (χ0n) is 11.8. The van der Waals surface area contributed by atoms with Gasteiger partial charge >= 0.3 is 0 Å². The molecule has 1 atom stereocenters. The highest BCUT2D eigenvalue weighted by Gasteiger charge is 2.16. The predicted octanol–water partition coefficient (Wildman–Crippen LogP) is 3.04. The highest BCUT2D eigenvalue weighted by Crippen LogP contribution is 2.27. The van der Waals surface area contributed by atoms with E-state index in [1.165, 1.54) is 6.07 Å². The third-order valence-electron chi connectivity index (χ3n) is 3.68. The Morgan fingerprint density at radius 3 is 3.05 bits per heavy atom. The molecule has 0 aliphatic carbocycles. The van der Waals surface area contributed by atoms with E-state index in [0.29, 0.717) is 6.54 Å². The fraction of sp³-hybridized carbons (Fsp3) is 0.400. The quantitative estimate of drug-likeness (QED) is 0.690. The number of rotatable bonds is 4. The van der Waals surface area contributed by atoms with Gasteiger partial charge in [-0.3, -0.25) is 15.1 Å². The van der Waals surface area contributed by atoms with E-state index in [-0.39, 0.29) is 16.7 Å². The van der Waals surface area contributed by atoms with Crippen molar-refractivity contribution in [2.45, 2.75) is 25.9 Å². The lowest BCUT2D eigenvalue weighted by Gasteiger charge is -2.14. The number of hydrogen-bond acceptors (Lipinski definition) is 5. The van der Waals surface area contributed by atoms with Crippen LogP contribution in [0.25, 0.3) is 10.9 Å². The number of hydrogen-bond donors (Lipinski definition) is 1. The molecule has 3 rings (SSSR count). The van der Waals surface area contributed by atoms with Gasteiger partial charge in [0.05, 0.1) is 16.5 Å². The Balaban J connectivity index is 1.94. The Morgan fingerprint density at radius 1 is 1.48 bits per heavy atom. The Bertz CT molecular complexity index is 681. The lowest BCUT2D eigenvalue weighted by molar-refractivity contribution is -0.384. The molecule has 2 aromatic rings. The van der Waals surface area contributed by atoms with Crippen LogP contribution in [0.15, 0.2) is 24.3 Å². The van der Waals surface area contributed by atoms with Gasteiger partial charge in [0.15, 0.2) is 0 Å². The summed E-state index contributed by atoms with van der Waals surface area (Å²) in [5.41, 5.74) is 2.59. The second-order valence-corrected chi connectivity index (χ2v) is 5.29. The summed E-state index contributed by atoms with van der Waals surface area (Å²) >= 11 is 0. The minimum Gasteiger partial charge on any atom is -0.382 e. The molecule has 2 heterocycles. The second-order valence-electron chi connectivity index (χ2n) is 5.29. The molecule has 21 heavy (non-hydrogen) atoms. The number of nitro benzene ring substituents is 1. The van der Waals surface area contributed by atoms with Gasteiger partial charge < -0.3 is 10.1 Å². The minimum absolute atomic E-state index is 0.0771. The number of anilines is 1. The van der Waals surface area contributed by atoms with Crippen LogP contribution in [0.4, 0.5) is 11.4 Å². The number of pyridine rings is 1. The molecule has 6 nitrogen and oxygen atoms in total. The number of nitrogens with one attached hydrogen (secondary N) is 1. The zero-order chi connectivity index (χ0) is 14.8. The molecule has 1 aromatic carbocycles. The van der Waals surface area contributed by atoms with E-state index in [1.807, 2.05) is 13.0 Å². The highest BCUT2D eigenvalue weighted by molar-refractivity contribution is 5.93. The smallest absolute Gasteiger partial charge is 0.270 e. The molecule has 1 aromatic heterocycles. The summed E-state index contributed by atoms with van der Waals surface area (Å²) in [6.07, 6.45) is 2.36. The Morgan fingerprint density at radius 2 is 2.33 bits per heavy atom. The first-order valence-corrected chi connectivity index (χ1v) is 7.05. The van der Waals surface area contributed by atoms with Crippen molar-refractivity contribution in [1.29, 1.82) is 0 Å². The van der Waals surface area contributed by atoms with Crippen LogP contribution in [0.1, 0.15) is 18.5 Å². The van der Waals surface area contributed by atoms with Crippen LogP contribution in [0.5, 0.6) is 0 Å². The molecular formula is C15H17N3O3. The monoisotopic (exact) mass is 287 g/mol. The van der Waals surface area contributed by atoms with Gasteiger partial charge in [0.2, 0.25) is 0 Å². The first kappa shape index (κ1) is 13.8. The van der Waals surface area contributed by atoms with Gasteiger partial charge in [0.1, 0.15) is 0 Å². The summed E-state index contributed by atoms with van der Waals surface area (Å²) in [6.45, 7) is 3.44. The Labute approximate surface area is 122 Å². The average molecular weight is 287 g/mol. The number of aromatic nitrogens is 1. The number of ether oxygens (including phenoxy) is 1. The predicted molar refractivity (Wildman–Crippen MR) is 80.6 cm³/mol. The topological polar surface area (TPSA) is 77.3 Å². The van der Waals surface area contributed by atoms with Gasteiger partial charge in [0, 0.05) is 42.1 Å². The van der Waals surface area contributed by atoms with Crippen molar-refractivity contribution in [1.82, 2.24) is 4.98 Å². The molecule has 0 radical (unpaired) electrons. The fourth-order valence-corrected chi connectivity index (χ4v) is 2.64. The molecule has 6 heteroatoms. The third-order valence-corrected chi connectivity index (χ3v) is 3.68. The second kappa shape index (κ2) is 5.65. The van der Waals surface area contributed by atoms with E-state index in [2.05, 4.69) is 10.3 Å². The molecule has 1 fully saturated rings. The molecule has 0 spiro atoms. The van der Waals surface area contributed by atoms with Gasteiger partial charge in [-0.2, -0.15) is 0 Å². The van der Waals surface area contributed by atoms with Gasteiger partial charge in [-0.25, -0.2) is 0 Å². The van der Waals surface area contributed by atoms with Crippen molar-refractivity contribution in [2.75, 3.05) is 18.5 Å². The zero-order valence-corrected chi connectivity index (χ0v) is 11.8.